The number of nitrogens with one attached hydrogen (secondary N) is 1. The fraction of sp³-hybridized carbons (Fsp3) is 0.462. The van der Waals surface area contributed by atoms with E-state index in [1.807, 2.05) is 20.8 Å². The molecule has 4 nitrogen and oxygen atoms in total. The van der Waals surface area contributed by atoms with Gasteiger partial charge in [0.1, 0.15) is 5.75 Å². The highest BCUT2D eigenvalue weighted by Crippen LogP contribution is 2.11. The van der Waals surface area contributed by atoms with Gasteiger partial charge in [-0.15, -0.1) is 0 Å². The van der Waals surface area contributed by atoms with Gasteiger partial charge in [-0.05, 0) is 38.5 Å². The maximum absolute atomic E-state index is 11.8. The zero-order valence-electron chi connectivity index (χ0n) is 10.8. The third kappa shape index (κ3) is 4.76. The summed E-state index contributed by atoms with van der Waals surface area (Å²) in [4.78, 5) is 13.4. The summed E-state index contributed by atoms with van der Waals surface area (Å²) in [5.74, 6) is 0.232. The maximum atomic E-state index is 11.8. The molecular formula is C13H20N2O2. The molecule has 0 unspecified atom stereocenters. The molecule has 0 bridgehead atoms. The molecule has 2 N–H and O–H groups in total. The van der Waals surface area contributed by atoms with Crippen molar-refractivity contribution in [3.63, 3.8) is 0 Å². The molecule has 0 heterocycles. The molecule has 0 saturated carbocycles. The van der Waals surface area contributed by atoms with Gasteiger partial charge in [-0.25, -0.2) is 4.79 Å². The average Bonchev–Trinajstić information content (AvgIpc) is 2.19. The van der Waals surface area contributed by atoms with Crippen LogP contribution in [0.3, 0.4) is 0 Å². The number of benzene rings is 1. The number of urea groups is 1. The fourth-order valence-corrected chi connectivity index (χ4v) is 1.36. The smallest absolute Gasteiger partial charge is 0.317 e. The zero-order chi connectivity index (χ0) is 13.1. The average molecular weight is 236 g/mol. The number of carbonyl (C=O) groups is 1. The normalized spacial score (nSPS) is 11.1. The Bertz CT molecular complexity index is 379. The van der Waals surface area contributed by atoms with E-state index >= 15 is 0 Å². The minimum Gasteiger partial charge on any atom is -0.508 e. The number of phenolic OH excluding ortho intramolecular Hbond substituents is 1. The molecular weight excluding hydrogens is 216 g/mol. The van der Waals surface area contributed by atoms with E-state index in [-0.39, 0.29) is 17.3 Å². The van der Waals surface area contributed by atoms with Crippen LogP contribution in [0.4, 0.5) is 4.79 Å². The van der Waals surface area contributed by atoms with Gasteiger partial charge in [0, 0.05) is 19.1 Å². The Labute approximate surface area is 102 Å². The van der Waals surface area contributed by atoms with Gasteiger partial charge in [0.15, 0.2) is 0 Å². The van der Waals surface area contributed by atoms with E-state index in [9.17, 15) is 4.79 Å². The van der Waals surface area contributed by atoms with Crippen molar-refractivity contribution in [1.29, 1.82) is 0 Å². The van der Waals surface area contributed by atoms with Gasteiger partial charge in [0.25, 0.3) is 0 Å². The third-order valence-corrected chi connectivity index (χ3v) is 2.18. The summed E-state index contributed by atoms with van der Waals surface area (Å²) in [6.45, 7) is 6.35. The lowest BCUT2D eigenvalue weighted by Gasteiger charge is -2.25. The molecule has 0 atom stereocenters. The van der Waals surface area contributed by atoms with Gasteiger partial charge in [-0.3, -0.25) is 0 Å². The van der Waals surface area contributed by atoms with Crippen molar-refractivity contribution in [3.05, 3.63) is 29.8 Å². The van der Waals surface area contributed by atoms with Crippen molar-refractivity contribution >= 4 is 6.03 Å². The highest BCUT2D eigenvalue weighted by Gasteiger charge is 2.16. The van der Waals surface area contributed by atoms with Crippen LogP contribution in [0.1, 0.15) is 26.3 Å². The Hall–Kier alpha value is -1.71. The SMILES string of the molecule is CN(Cc1ccc(O)cc1)C(=O)NC(C)(C)C. The van der Waals surface area contributed by atoms with Crippen molar-refractivity contribution in [2.24, 2.45) is 0 Å². The van der Waals surface area contributed by atoms with Crippen LogP contribution in [0.5, 0.6) is 5.75 Å². The third-order valence-electron chi connectivity index (χ3n) is 2.18. The topological polar surface area (TPSA) is 52.6 Å². The van der Waals surface area contributed by atoms with Gasteiger partial charge < -0.3 is 15.3 Å². The summed E-state index contributed by atoms with van der Waals surface area (Å²) in [7, 11) is 1.74. The van der Waals surface area contributed by atoms with Gasteiger partial charge in [0.2, 0.25) is 0 Å². The zero-order valence-corrected chi connectivity index (χ0v) is 10.8. The second-order valence-corrected chi connectivity index (χ2v) is 5.20. The molecule has 1 aromatic carbocycles. The number of hydrogen-bond donors (Lipinski definition) is 2. The first-order chi connectivity index (χ1) is 7.78. The molecule has 0 radical (unpaired) electrons. The summed E-state index contributed by atoms with van der Waals surface area (Å²) >= 11 is 0. The quantitative estimate of drug-likeness (QED) is 0.828. The molecule has 17 heavy (non-hydrogen) atoms. The van der Waals surface area contributed by atoms with Crippen molar-refractivity contribution < 1.29 is 9.90 Å². The Kier molecular flexibility index (Phi) is 3.99. The van der Waals surface area contributed by atoms with Gasteiger partial charge in [0.05, 0.1) is 0 Å². The van der Waals surface area contributed by atoms with Crippen molar-refractivity contribution in [2.75, 3.05) is 7.05 Å². The maximum Gasteiger partial charge on any atom is 0.317 e. The number of rotatable bonds is 2. The van der Waals surface area contributed by atoms with Crippen LogP contribution in [0, 0.1) is 0 Å². The van der Waals surface area contributed by atoms with Crippen LogP contribution in [0.15, 0.2) is 24.3 Å². The summed E-state index contributed by atoms with van der Waals surface area (Å²) < 4.78 is 0. The van der Waals surface area contributed by atoms with E-state index in [4.69, 9.17) is 5.11 Å². The summed E-state index contributed by atoms with van der Waals surface area (Å²) in [6.07, 6.45) is 0. The largest absolute Gasteiger partial charge is 0.508 e. The summed E-state index contributed by atoms with van der Waals surface area (Å²) in [5, 5.41) is 12.0. The standard InChI is InChI=1S/C13H20N2O2/c1-13(2,3)14-12(17)15(4)9-10-5-7-11(16)8-6-10/h5-8,16H,9H2,1-4H3,(H,14,17). The summed E-state index contributed by atoms with van der Waals surface area (Å²) in [6, 6.07) is 6.73. The predicted octanol–water partition coefficient (Wildman–Crippen LogP) is 2.33. The molecule has 0 saturated heterocycles. The molecule has 0 aliphatic heterocycles. The monoisotopic (exact) mass is 236 g/mol. The van der Waals surface area contributed by atoms with Crippen LogP contribution in [0.2, 0.25) is 0 Å². The molecule has 0 aliphatic rings. The number of nitrogens with zero attached hydrogens (tertiary/aromatic N) is 1. The van der Waals surface area contributed by atoms with Crippen molar-refractivity contribution in [3.8, 4) is 5.75 Å². The number of phenols is 1. The number of aromatic hydroxyl groups is 1. The number of amides is 2. The highest BCUT2D eigenvalue weighted by molar-refractivity contribution is 5.74. The second-order valence-electron chi connectivity index (χ2n) is 5.20. The Morgan fingerprint density at radius 1 is 1.29 bits per heavy atom. The first-order valence-electron chi connectivity index (χ1n) is 5.59. The van der Waals surface area contributed by atoms with E-state index in [1.54, 1.807) is 36.2 Å². The van der Waals surface area contributed by atoms with E-state index in [2.05, 4.69) is 5.32 Å². The molecule has 1 aromatic rings. The predicted molar refractivity (Wildman–Crippen MR) is 67.9 cm³/mol. The van der Waals surface area contributed by atoms with E-state index in [1.165, 1.54) is 0 Å². The van der Waals surface area contributed by atoms with Gasteiger partial charge in [-0.1, -0.05) is 12.1 Å². The van der Waals surface area contributed by atoms with E-state index in [0.29, 0.717) is 6.54 Å². The molecule has 2 amide bonds. The number of carbonyl (C=O) groups excluding carboxylic acids is 1. The van der Waals surface area contributed by atoms with E-state index < -0.39 is 0 Å². The summed E-state index contributed by atoms with van der Waals surface area (Å²) in [5.41, 5.74) is 0.745. The molecule has 4 heteroatoms. The highest BCUT2D eigenvalue weighted by atomic mass is 16.3. The molecule has 0 fully saturated rings. The lowest BCUT2D eigenvalue weighted by Crippen LogP contribution is -2.46. The first kappa shape index (κ1) is 13.4. The second kappa shape index (κ2) is 5.08. The van der Waals surface area contributed by atoms with Crippen LogP contribution < -0.4 is 5.32 Å². The first-order valence-corrected chi connectivity index (χ1v) is 5.59. The Morgan fingerprint density at radius 2 is 1.82 bits per heavy atom. The van der Waals surface area contributed by atoms with Gasteiger partial charge >= 0.3 is 6.03 Å². The molecule has 0 aliphatic carbocycles. The minimum atomic E-state index is -0.236. The molecule has 94 valence electrons. The van der Waals surface area contributed by atoms with Crippen LogP contribution in [-0.2, 0) is 6.54 Å². The lowest BCUT2D eigenvalue weighted by atomic mass is 10.1. The minimum absolute atomic E-state index is 0.106. The van der Waals surface area contributed by atoms with E-state index in [0.717, 1.165) is 5.56 Å². The molecule has 0 spiro atoms. The van der Waals surface area contributed by atoms with Crippen LogP contribution in [-0.4, -0.2) is 28.6 Å². The Morgan fingerprint density at radius 3 is 2.29 bits per heavy atom. The lowest BCUT2D eigenvalue weighted by molar-refractivity contribution is 0.197. The Balaban J connectivity index is 2.57. The molecule has 0 aromatic heterocycles. The van der Waals surface area contributed by atoms with Crippen LogP contribution >= 0.6 is 0 Å². The van der Waals surface area contributed by atoms with Gasteiger partial charge in [-0.2, -0.15) is 0 Å². The van der Waals surface area contributed by atoms with Crippen LogP contribution in [0.25, 0.3) is 0 Å². The fourth-order valence-electron chi connectivity index (χ4n) is 1.36. The van der Waals surface area contributed by atoms with Crippen molar-refractivity contribution in [2.45, 2.75) is 32.9 Å². The molecule has 1 rings (SSSR count). The van der Waals surface area contributed by atoms with Crippen molar-refractivity contribution in [1.82, 2.24) is 10.2 Å². The number of hydrogen-bond acceptors (Lipinski definition) is 2.